The highest BCUT2D eigenvalue weighted by molar-refractivity contribution is 5.87. The van der Waals surface area contributed by atoms with Gasteiger partial charge in [-0.2, -0.15) is 5.26 Å². The number of aryl methyl sites for hydroxylation is 1. The van der Waals surface area contributed by atoms with Crippen molar-refractivity contribution in [3.8, 4) is 17.2 Å². The van der Waals surface area contributed by atoms with Crippen LogP contribution in [-0.4, -0.2) is 65.7 Å². The molecule has 2 aliphatic heterocycles. The molecule has 1 spiro atoms. The molecule has 4 aliphatic rings. The van der Waals surface area contributed by atoms with E-state index in [2.05, 4.69) is 41.5 Å². The SMILES string of the molecule is CN1CCC2(CCc3ccc(-c4ccc(C[C@@H](C#N)NC(=O)[C@@H]5[C@H]6CC[C@H](C6)N5C(=O)OC(C)(C)C)c(F)c4)cc32)CC1. The molecule has 2 heterocycles. The van der Waals surface area contributed by atoms with Crippen LogP contribution in [0.1, 0.15) is 76.0 Å². The van der Waals surface area contributed by atoms with Gasteiger partial charge in [0.05, 0.1) is 6.07 Å². The van der Waals surface area contributed by atoms with Crippen LogP contribution < -0.4 is 5.32 Å². The number of likely N-dealkylation sites (tertiary alicyclic amines) is 2. The Bertz CT molecular complexity index is 1450. The first-order chi connectivity index (χ1) is 20.5. The van der Waals surface area contributed by atoms with Gasteiger partial charge in [-0.1, -0.05) is 30.3 Å². The first kappa shape index (κ1) is 29.6. The number of carbonyl (C=O) groups is 2. The zero-order valence-corrected chi connectivity index (χ0v) is 25.8. The number of carbonyl (C=O) groups excluding carboxylic acids is 2. The van der Waals surface area contributed by atoms with E-state index >= 15 is 4.39 Å². The molecule has 228 valence electrons. The number of nitrogens with zero attached hydrogens (tertiary/aromatic N) is 3. The standard InChI is InChI=1S/C35H43FN4O3/c1-34(2,3)43-33(42)40-28-10-9-26(18-28)31(40)32(41)38-27(21-37)17-25-8-7-24(20-30(25)36)23-6-5-22-11-12-35(29(22)19-23)13-15-39(4)16-14-35/h5-8,19-20,26-28,31H,9-18H2,1-4H3,(H,38,41)/t26-,27-,28+,31-/m0/s1. The van der Waals surface area contributed by atoms with Gasteiger partial charge >= 0.3 is 6.09 Å². The molecule has 43 heavy (non-hydrogen) atoms. The lowest BCUT2D eigenvalue weighted by molar-refractivity contribution is -0.128. The van der Waals surface area contributed by atoms with Gasteiger partial charge in [-0.3, -0.25) is 9.69 Å². The molecule has 2 saturated heterocycles. The first-order valence-electron chi connectivity index (χ1n) is 15.8. The van der Waals surface area contributed by atoms with Gasteiger partial charge in [-0.15, -0.1) is 0 Å². The van der Waals surface area contributed by atoms with Crippen molar-refractivity contribution in [1.29, 1.82) is 5.26 Å². The normalized spacial score (nSPS) is 24.9. The minimum atomic E-state index is -0.920. The summed E-state index contributed by atoms with van der Waals surface area (Å²) in [5.41, 5.74) is 4.59. The number of piperidine rings is 2. The Hall–Kier alpha value is -3.44. The Kier molecular flexibility index (Phi) is 7.75. The minimum absolute atomic E-state index is 0.0327. The fraction of sp³-hybridized carbons (Fsp3) is 0.571. The van der Waals surface area contributed by atoms with Crippen LogP contribution in [0.4, 0.5) is 9.18 Å². The average molecular weight is 587 g/mol. The van der Waals surface area contributed by atoms with Gasteiger partial charge in [0, 0.05) is 12.5 Å². The number of halogens is 1. The molecule has 6 rings (SSSR count). The monoisotopic (exact) mass is 586 g/mol. The summed E-state index contributed by atoms with van der Waals surface area (Å²) in [6.45, 7) is 7.61. The predicted octanol–water partition coefficient (Wildman–Crippen LogP) is 5.74. The van der Waals surface area contributed by atoms with E-state index in [1.807, 2.05) is 6.07 Å². The third kappa shape index (κ3) is 5.76. The highest BCUT2D eigenvalue weighted by atomic mass is 19.1. The van der Waals surface area contributed by atoms with Crippen LogP contribution in [0.25, 0.3) is 11.1 Å². The van der Waals surface area contributed by atoms with Crippen LogP contribution in [0, 0.1) is 23.1 Å². The van der Waals surface area contributed by atoms with Crippen molar-refractivity contribution in [2.75, 3.05) is 20.1 Å². The molecule has 1 N–H and O–H groups in total. The molecule has 1 saturated carbocycles. The summed E-state index contributed by atoms with van der Waals surface area (Å²) in [7, 11) is 2.18. The van der Waals surface area contributed by atoms with Gasteiger partial charge < -0.3 is 15.0 Å². The van der Waals surface area contributed by atoms with Crippen LogP contribution in [0.15, 0.2) is 36.4 Å². The van der Waals surface area contributed by atoms with Crippen molar-refractivity contribution in [3.63, 3.8) is 0 Å². The third-order valence-electron chi connectivity index (χ3n) is 10.2. The molecule has 0 radical (unpaired) electrons. The molecule has 2 aromatic carbocycles. The molecular formula is C35H43FN4O3. The fourth-order valence-electron chi connectivity index (χ4n) is 7.94. The summed E-state index contributed by atoms with van der Waals surface area (Å²) < 4.78 is 21.1. The highest BCUT2D eigenvalue weighted by Gasteiger charge is 2.52. The maximum atomic E-state index is 15.5. The van der Waals surface area contributed by atoms with Crippen molar-refractivity contribution in [3.05, 3.63) is 58.9 Å². The molecule has 2 aromatic rings. The largest absolute Gasteiger partial charge is 0.444 e. The molecule has 4 atom stereocenters. The average Bonchev–Trinajstić information content (AvgIpc) is 3.68. The van der Waals surface area contributed by atoms with Gasteiger partial charge in [0.15, 0.2) is 0 Å². The van der Waals surface area contributed by atoms with E-state index in [1.54, 1.807) is 37.8 Å². The first-order valence-corrected chi connectivity index (χ1v) is 15.8. The van der Waals surface area contributed by atoms with Crippen LogP contribution in [0.5, 0.6) is 0 Å². The van der Waals surface area contributed by atoms with Crippen molar-refractivity contribution >= 4 is 12.0 Å². The van der Waals surface area contributed by atoms with Gasteiger partial charge in [-0.05, 0) is 131 Å². The van der Waals surface area contributed by atoms with Crippen molar-refractivity contribution in [2.45, 2.75) is 101 Å². The van der Waals surface area contributed by atoms with Crippen molar-refractivity contribution < 1.29 is 18.7 Å². The zero-order chi connectivity index (χ0) is 30.5. The van der Waals surface area contributed by atoms with Gasteiger partial charge in [0.2, 0.25) is 5.91 Å². The number of fused-ring (bicyclic) bond motifs is 4. The second kappa shape index (κ2) is 11.2. The molecule has 8 heteroatoms. The number of rotatable bonds is 5. The van der Waals surface area contributed by atoms with Crippen LogP contribution in [0.2, 0.25) is 0 Å². The van der Waals surface area contributed by atoms with Crippen LogP contribution in [0.3, 0.4) is 0 Å². The second-order valence-electron chi connectivity index (χ2n) is 14.2. The number of hydrogen-bond donors (Lipinski definition) is 1. The van der Waals surface area contributed by atoms with Crippen LogP contribution >= 0.6 is 0 Å². The van der Waals surface area contributed by atoms with E-state index in [4.69, 9.17) is 4.74 Å². The third-order valence-corrected chi connectivity index (χ3v) is 10.2. The van der Waals surface area contributed by atoms with Gasteiger partial charge in [0.25, 0.3) is 0 Å². The van der Waals surface area contributed by atoms with Crippen molar-refractivity contribution in [1.82, 2.24) is 15.1 Å². The van der Waals surface area contributed by atoms with E-state index in [0.29, 0.717) is 5.56 Å². The van der Waals surface area contributed by atoms with E-state index < -0.39 is 29.6 Å². The number of nitrogens with one attached hydrogen (secondary N) is 1. The van der Waals surface area contributed by atoms with E-state index in [0.717, 1.165) is 62.7 Å². The van der Waals surface area contributed by atoms with Gasteiger partial charge in [-0.25, -0.2) is 9.18 Å². The number of benzene rings is 2. The lowest BCUT2D eigenvalue weighted by Gasteiger charge is -2.39. The second-order valence-corrected chi connectivity index (χ2v) is 14.2. The van der Waals surface area contributed by atoms with E-state index in [-0.39, 0.29) is 29.7 Å². The topological polar surface area (TPSA) is 85.7 Å². The molecule has 0 aromatic heterocycles. The summed E-state index contributed by atoms with van der Waals surface area (Å²) in [4.78, 5) is 30.4. The number of amides is 2. The summed E-state index contributed by atoms with van der Waals surface area (Å²) >= 11 is 0. The number of nitriles is 1. The summed E-state index contributed by atoms with van der Waals surface area (Å²) in [5.74, 6) is -0.728. The summed E-state index contributed by atoms with van der Waals surface area (Å²) in [6.07, 6.45) is 6.61. The molecule has 3 fully saturated rings. The lowest BCUT2D eigenvalue weighted by Crippen LogP contribution is -2.55. The molecule has 2 bridgehead atoms. The maximum absolute atomic E-state index is 15.5. The number of ether oxygens (including phenoxy) is 1. The molecule has 0 unspecified atom stereocenters. The van der Waals surface area contributed by atoms with E-state index in [1.165, 1.54) is 17.5 Å². The Morgan fingerprint density at radius 3 is 2.53 bits per heavy atom. The smallest absolute Gasteiger partial charge is 0.411 e. The Morgan fingerprint density at radius 2 is 1.84 bits per heavy atom. The van der Waals surface area contributed by atoms with Crippen molar-refractivity contribution in [2.24, 2.45) is 5.92 Å². The highest BCUT2D eigenvalue weighted by Crippen LogP contribution is 2.47. The predicted molar refractivity (Wildman–Crippen MR) is 163 cm³/mol. The van der Waals surface area contributed by atoms with E-state index in [9.17, 15) is 14.9 Å². The van der Waals surface area contributed by atoms with Gasteiger partial charge in [0.1, 0.15) is 23.5 Å². The summed E-state index contributed by atoms with van der Waals surface area (Å²) in [6, 6.07) is 12.3. The molecule has 7 nitrogen and oxygen atoms in total. The summed E-state index contributed by atoms with van der Waals surface area (Å²) in [5, 5.41) is 12.7. The Labute approximate surface area is 254 Å². The quantitative estimate of drug-likeness (QED) is 0.483. The molecule has 2 amide bonds. The Balaban J connectivity index is 1.15. The minimum Gasteiger partial charge on any atom is -0.444 e. The zero-order valence-electron chi connectivity index (χ0n) is 25.8. The van der Waals surface area contributed by atoms with Crippen LogP contribution in [-0.2, 0) is 27.8 Å². The maximum Gasteiger partial charge on any atom is 0.411 e. The Morgan fingerprint density at radius 1 is 1.12 bits per heavy atom. The molecule has 2 aliphatic carbocycles. The number of hydrogen-bond acceptors (Lipinski definition) is 5. The fourth-order valence-corrected chi connectivity index (χ4v) is 7.94. The lowest BCUT2D eigenvalue weighted by atomic mass is 9.73. The molecular weight excluding hydrogens is 543 g/mol.